The number of rotatable bonds is 6. The molecule has 1 saturated heterocycles. The van der Waals surface area contributed by atoms with Crippen LogP contribution in [0.3, 0.4) is 0 Å². The number of hydrogen-bond acceptors (Lipinski definition) is 8. The van der Waals surface area contributed by atoms with E-state index in [1.165, 1.54) is 12.3 Å². The van der Waals surface area contributed by atoms with Crippen LogP contribution in [0.15, 0.2) is 53.2 Å². The summed E-state index contributed by atoms with van der Waals surface area (Å²) in [7, 11) is 0. The van der Waals surface area contributed by atoms with Gasteiger partial charge in [0.25, 0.3) is 5.91 Å². The maximum absolute atomic E-state index is 12.8. The number of carbonyl (C=O) groups is 2. The van der Waals surface area contributed by atoms with Crippen LogP contribution in [-0.4, -0.2) is 50.3 Å². The van der Waals surface area contributed by atoms with E-state index in [9.17, 15) is 9.59 Å². The number of nitrogens with zero attached hydrogens (tertiary/aromatic N) is 4. The summed E-state index contributed by atoms with van der Waals surface area (Å²) < 4.78 is 15.5. The predicted molar refractivity (Wildman–Crippen MR) is 106 cm³/mol. The minimum Gasteiger partial charge on any atom is -0.484 e. The lowest BCUT2D eigenvalue weighted by atomic mass is 10.0. The van der Waals surface area contributed by atoms with Gasteiger partial charge in [-0.25, -0.2) is 9.78 Å². The second-order valence-electron chi connectivity index (χ2n) is 6.91. The number of hydrogen-bond donors (Lipinski definition) is 1. The van der Waals surface area contributed by atoms with Crippen molar-refractivity contribution >= 4 is 12.1 Å². The van der Waals surface area contributed by atoms with Gasteiger partial charge in [0, 0.05) is 24.4 Å². The first-order chi connectivity index (χ1) is 15.1. The molecule has 1 atom stereocenters. The van der Waals surface area contributed by atoms with Gasteiger partial charge in [0.05, 0.1) is 0 Å². The van der Waals surface area contributed by atoms with E-state index >= 15 is 0 Å². The molecule has 1 amide bonds. The molecule has 0 saturated carbocycles. The van der Waals surface area contributed by atoms with E-state index in [4.69, 9.17) is 14.4 Å². The van der Waals surface area contributed by atoms with Crippen LogP contribution < -0.4 is 9.47 Å². The molecule has 31 heavy (non-hydrogen) atoms. The molecule has 2 aromatic heterocycles. The Morgan fingerprint density at radius 2 is 2.00 bits per heavy atom. The molecule has 1 aromatic carbocycles. The summed E-state index contributed by atoms with van der Waals surface area (Å²) >= 11 is 0. The van der Waals surface area contributed by atoms with Crippen LogP contribution in [0.5, 0.6) is 11.6 Å². The topological polar surface area (TPSA) is 128 Å². The molecule has 3 aromatic rings. The van der Waals surface area contributed by atoms with Crippen molar-refractivity contribution in [1.82, 2.24) is 20.0 Å². The third kappa shape index (κ3) is 4.97. The van der Waals surface area contributed by atoms with Gasteiger partial charge in [-0.2, -0.15) is 4.98 Å². The number of benzene rings is 1. The van der Waals surface area contributed by atoms with Gasteiger partial charge in [0.1, 0.15) is 11.8 Å². The van der Waals surface area contributed by atoms with E-state index in [1.54, 1.807) is 23.1 Å². The summed E-state index contributed by atoms with van der Waals surface area (Å²) in [4.78, 5) is 33.4. The molecular weight excluding hydrogens is 404 g/mol. The zero-order chi connectivity index (χ0) is 21.6. The van der Waals surface area contributed by atoms with E-state index < -0.39 is 6.16 Å². The minimum atomic E-state index is -1.44. The highest BCUT2D eigenvalue weighted by atomic mass is 16.7. The average molecular weight is 424 g/mol. The second kappa shape index (κ2) is 9.24. The summed E-state index contributed by atoms with van der Waals surface area (Å²) in [6.45, 7) is 0.513. The zero-order valence-corrected chi connectivity index (χ0v) is 16.5. The number of carbonyl (C=O) groups excluding carboxylic acids is 1. The van der Waals surface area contributed by atoms with Crippen LogP contribution in [0.1, 0.15) is 31.2 Å². The number of aromatic nitrogens is 3. The van der Waals surface area contributed by atoms with E-state index in [1.807, 2.05) is 18.2 Å². The molecule has 1 aliphatic heterocycles. The summed E-state index contributed by atoms with van der Waals surface area (Å²) in [5, 5.41) is 12.6. The number of likely N-dealkylation sites (tertiary alicyclic amines) is 1. The molecule has 1 aliphatic rings. The van der Waals surface area contributed by atoms with E-state index in [2.05, 4.69) is 19.9 Å². The van der Waals surface area contributed by atoms with Crippen molar-refractivity contribution in [2.24, 2.45) is 0 Å². The molecule has 0 unspecified atom stereocenters. The molecule has 0 bridgehead atoms. The van der Waals surface area contributed by atoms with Crippen LogP contribution in [0.25, 0.3) is 11.4 Å². The van der Waals surface area contributed by atoms with Gasteiger partial charge in [-0.3, -0.25) is 4.79 Å². The van der Waals surface area contributed by atoms with Crippen LogP contribution >= 0.6 is 0 Å². The highest BCUT2D eigenvalue weighted by molar-refractivity contribution is 5.78. The Balaban J connectivity index is 1.45. The minimum absolute atomic E-state index is 0.0533. The van der Waals surface area contributed by atoms with Crippen LogP contribution in [0.2, 0.25) is 0 Å². The summed E-state index contributed by atoms with van der Waals surface area (Å²) in [6.07, 6.45) is 2.49. The number of para-hydroxylation sites is 1. The van der Waals surface area contributed by atoms with Gasteiger partial charge in [-0.05, 0) is 37.5 Å². The molecule has 0 aliphatic carbocycles. The first-order valence-corrected chi connectivity index (χ1v) is 9.78. The quantitative estimate of drug-likeness (QED) is 0.593. The van der Waals surface area contributed by atoms with Gasteiger partial charge in [-0.1, -0.05) is 23.4 Å². The maximum atomic E-state index is 12.8. The lowest BCUT2D eigenvalue weighted by Crippen LogP contribution is -2.41. The van der Waals surface area contributed by atoms with Gasteiger partial charge >= 0.3 is 6.16 Å². The molecule has 3 heterocycles. The molecule has 10 nitrogen and oxygen atoms in total. The van der Waals surface area contributed by atoms with Crippen molar-refractivity contribution in [2.75, 3.05) is 13.2 Å². The lowest BCUT2D eigenvalue weighted by Gasteiger charge is -2.33. The summed E-state index contributed by atoms with van der Waals surface area (Å²) in [6, 6.07) is 11.8. The Kier molecular flexibility index (Phi) is 6.06. The van der Waals surface area contributed by atoms with E-state index in [-0.39, 0.29) is 24.4 Å². The molecule has 1 N–H and O–H groups in total. The first-order valence-electron chi connectivity index (χ1n) is 9.78. The predicted octanol–water partition coefficient (Wildman–Crippen LogP) is 3.32. The van der Waals surface area contributed by atoms with Gasteiger partial charge in [-0.15, -0.1) is 0 Å². The van der Waals surface area contributed by atoms with Gasteiger partial charge in [0.2, 0.25) is 17.6 Å². The van der Waals surface area contributed by atoms with Crippen molar-refractivity contribution in [2.45, 2.75) is 25.3 Å². The molecular formula is C21H20N4O6. The third-order valence-corrected chi connectivity index (χ3v) is 4.84. The Labute approximate surface area is 177 Å². The SMILES string of the molecule is O=C(O)Oc1ccc(-c2noc([C@H]3CCCCN3C(=O)COc3ccccc3)n2)cn1. The fourth-order valence-electron chi connectivity index (χ4n) is 3.38. The van der Waals surface area contributed by atoms with Crippen molar-refractivity contribution in [1.29, 1.82) is 0 Å². The highest BCUT2D eigenvalue weighted by Gasteiger charge is 2.32. The second-order valence-corrected chi connectivity index (χ2v) is 6.91. The van der Waals surface area contributed by atoms with E-state index in [0.29, 0.717) is 36.0 Å². The Bertz CT molecular complexity index is 1040. The fourth-order valence-corrected chi connectivity index (χ4v) is 3.38. The van der Waals surface area contributed by atoms with Crippen LogP contribution in [-0.2, 0) is 4.79 Å². The number of ether oxygens (including phenoxy) is 2. The smallest absolute Gasteiger partial charge is 0.484 e. The Morgan fingerprint density at radius 3 is 2.74 bits per heavy atom. The number of carboxylic acid groups (broad SMARTS) is 1. The standard InChI is InChI=1S/C21H20N4O6/c26-18(13-29-15-6-2-1-3-7-15)25-11-5-4-8-16(25)20-23-19(24-31-20)14-9-10-17(22-12-14)30-21(27)28/h1-3,6-7,9-10,12,16H,4-5,8,11,13H2,(H,27,28)/t16-/m1/s1. The number of amides is 1. The van der Waals surface area contributed by atoms with Crippen LogP contribution in [0.4, 0.5) is 4.79 Å². The maximum Gasteiger partial charge on any atom is 0.512 e. The fraction of sp³-hybridized carbons (Fsp3) is 0.286. The molecule has 4 rings (SSSR count). The first kappa shape index (κ1) is 20.3. The third-order valence-electron chi connectivity index (χ3n) is 4.84. The Morgan fingerprint density at radius 1 is 1.16 bits per heavy atom. The van der Waals surface area contributed by atoms with Gasteiger partial charge in [0.15, 0.2) is 6.61 Å². The monoisotopic (exact) mass is 424 g/mol. The van der Waals surface area contributed by atoms with Crippen molar-refractivity contribution in [3.63, 3.8) is 0 Å². The van der Waals surface area contributed by atoms with Gasteiger partial charge < -0.3 is 24.0 Å². The number of pyridine rings is 1. The highest BCUT2D eigenvalue weighted by Crippen LogP contribution is 2.31. The van der Waals surface area contributed by atoms with E-state index in [0.717, 1.165) is 12.8 Å². The largest absolute Gasteiger partial charge is 0.512 e. The van der Waals surface area contributed by atoms with Crippen molar-refractivity contribution < 1.29 is 28.7 Å². The molecule has 0 spiro atoms. The Hall–Kier alpha value is -3.95. The van der Waals surface area contributed by atoms with Crippen LogP contribution in [0, 0.1) is 0 Å². The normalized spacial score (nSPS) is 16.0. The molecule has 10 heteroatoms. The molecule has 0 radical (unpaired) electrons. The summed E-state index contributed by atoms with van der Waals surface area (Å²) in [5.41, 5.74) is 0.536. The zero-order valence-electron chi connectivity index (χ0n) is 16.5. The average Bonchev–Trinajstić information content (AvgIpc) is 3.28. The molecule has 1 fully saturated rings. The molecule has 160 valence electrons. The van der Waals surface area contributed by atoms with Crippen molar-refractivity contribution in [3.8, 4) is 23.0 Å². The van der Waals surface area contributed by atoms with Crippen molar-refractivity contribution in [3.05, 3.63) is 54.6 Å². The lowest BCUT2D eigenvalue weighted by molar-refractivity contribution is -0.138. The number of piperidine rings is 1. The summed E-state index contributed by atoms with van der Waals surface area (Å²) in [5.74, 6) is 1.07.